The molecule has 0 spiro atoms. The highest BCUT2D eigenvalue weighted by molar-refractivity contribution is 5.96. The van der Waals surface area contributed by atoms with E-state index in [1.54, 1.807) is 17.3 Å². The normalized spacial score (nSPS) is 22.5. The first-order valence-corrected chi connectivity index (χ1v) is 8.18. The summed E-state index contributed by atoms with van der Waals surface area (Å²) in [7, 11) is 0. The number of pyridine rings is 1. The molecule has 1 aliphatic carbocycles. The minimum absolute atomic E-state index is 0.00218. The number of hydrogen-bond acceptors (Lipinski definition) is 4. The third-order valence-electron chi connectivity index (χ3n) is 4.28. The molecule has 2 fully saturated rings. The Morgan fingerprint density at radius 2 is 2.18 bits per heavy atom. The van der Waals surface area contributed by atoms with Crippen LogP contribution in [-0.2, 0) is 14.3 Å². The Morgan fingerprint density at radius 1 is 1.41 bits per heavy atom. The molecule has 22 heavy (non-hydrogen) atoms. The predicted molar refractivity (Wildman–Crippen MR) is 83.7 cm³/mol. The van der Waals surface area contributed by atoms with Gasteiger partial charge in [-0.3, -0.25) is 9.78 Å². The lowest BCUT2D eigenvalue weighted by Gasteiger charge is -2.28. The maximum Gasteiger partial charge on any atom is 0.255 e. The Balaban J connectivity index is 1.66. The molecule has 0 bridgehead atoms. The molecule has 3 rings (SSSR count). The third kappa shape index (κ3) is 4.05. The van der Waals surface area contributed by atoms with Crippen molar-refractivity contribution in [1.82, 2.24) is 4.98 Å². The lowest BCUT2D eigenvalue weighted by atomic mass is 10.2. The van der Waals surface area contributed by atoms with E-state index < -0.39 is 6.10 Å². The fourth-order valence-electron chi connectivity index (χ4n) is 2.69. The van der Waals surface area contributed by atoms with Crippen molar-refractivity contribution < 1.29 is 14.3 Å². The first-order valence-electron chi connectivity index (χ1n) is 8.18. The van der Waals surface area contributed by atoms with E-state index in [1.165, 1.54) is 12.8 Å². The standard InChI is InChI=1S/C17H24N2O3/c1-13(22-12-14-4-5-14)17(20)19(11-16-3-2-10-21-16)15-6-8-18-9-7-15/h6-9,13-14,16H,2-5,10-12H2,1H3/t13-,16+/m1/s1. The first kappa shape index (κ1) is 15.4. The molecule has 1 saturated heterocycles. The van der Waals surface area contributed by atoms with Gasteiger partial charge in [0.15, 0.2) is 0 Å². The van der Waals surface area contributed by atoms with Crippen LogP contribution in [0.25, 0.3) is 0 Å². The second-order valence-corrected chi connectivity index (χ2v) is 6.21. The SMILES string of the molecule is C[C@@H](OCC1CC1)C(=O)N(C[C@@H]1CCCO1)c1ccncc1. The van der Waals surface area contributed by atoms with E-state index >= 15 is 0 Å². The number of ether oxygens (including phenoxy) is 2. The van der Waals surface area contributed by atoms with Crippen molar-refractivity contribution in [2.75, 3.05) is 24.7 Å². The highest BCUT2D eigenvalue weighted by Gasteiger charge is 2.29. The summed E-state index contributed by atoms with van der Waals surface area (Å²) in [6.45, 7) is 3.90. The number of rotatable bonds is 7. The van der Waals surface area contributed by atoms with Crippen LogP contribution in [0, 0.1) is 5.92 Å². The molecule has 0 N–H and O–H groups in total. The van der Waals surface area contributed by atoms with Crippen molar-refractivity contribution in [1.29, 1.82) is 0 Å². The largest absolute Gasteiger partial charge is 0.376 e. The number of nitrogens with zero attached hydrogens (tertiary/aromatic N) is 2. The monoisotopic (exact) mass is 304 g/mol. The van der Waals surface area contributed by atoms with Crippen molar-refractivity contribution in [2.24, 2.45) is 5.92 Å². The fraction of sp³-hybridized carbons (Fsp3) is 0.647. The summed E-state index contributed by atoms with van der Waals surface area (Å²) in [5, 5.41) is 0. The zero-order valence-corrected chi connectivity index (χ0v) is 13.1. The van der Waals surface area contributed by atoms with E-state index in [9.17, 15) is 4.79 Å². The topological polar surface area (TPSA) is 51.7 Å². The zero-order chi connectivity index (χ0) is 15.4. The van der Waals surface area contributed by atoms with Crippen LogP contribution < -0.4 is 4.90 Å². The van der Waals surface area contributed by atoms with Gasteiger partial charge < -0.3 is 14.4 Å². The van der Waals surface area contributed by atoms with Gasteiger partial charge in [0.05, 0.1) is 19.3 Å². The molecule has 2 aliphatic rings. The first-order chi connectivity index (χ1) is 10.7. The van der Waals surface area contributed by atoms with Crippen LogP contribution in [0.3, 0.4) is 0 Å². The summed E-state index contributed by atoms with van der Waals surface area (Å²) in [5.41, 5.74) is 0.859. The lowest BCUT2D eigenvalue weighted by Crippen LogP contribution is -2.43. The summed E-state index contributed by atoms with van der Waals surface area (Å²) < 4.78 is 11.4. The highest BCUT2D eigenvalue weighted by Crippen LogP contribution is 2.29. The molecular weight excluding hydrogens is 280 g/mol. The molecule has 1 aromatic heterocycles. The average Bonchev–Trinajstić information content (AvgIpc) is 3.24. The van der Waals surface area contributed by atoms with E-state index in [0.29, 0.717) is 19.1 Å². The van der Waals surface area contributed by atoms with E-state index in [-0.39, 0.29) is 12.0 Å². The molecule has 0 radical (unpaired) electrons. The molecule has 0 aromatic carbocycles. The number of aromatic nitrogens is 1. The molecule has 120 valence electrons. The number of anilines is 1. The molecule has 2 atom stereocenters. The van der Waals surface area contributed by atoms with Gasteiger partial charge in [-0.2, -0.15) is 0 Å². The van der Waals surface area contributed by atoms with Gasteiger partial charge in [0, 0.05) is 24.7 Å². The quantitative estimate of drug-likeness (QED) is 0.776. The van der Waals surface area contributed by atoms with Gasteiger partial charge in [-0.05, 0) is 50.7 Å². The summed E-state index contributed by atoms with van der Waals surface area (Å²) in [5.74, 6) is 0.658. The van der Waals surface area contributed by atoms with Gasteiger partial charge in [0.2, 0.25) is 0 Å². The number of amides is 1. The van der Waals surface area contributed by atoms with Crippen LogP contribution >= 0.6 is 0 Å². The number of hydrogen-bond donors (Lipinski definition) is 0. The minimum atomic E-state index is -0.421. The van der Waals surface area contributed by atoms with E-state index in [0.717, 1.165) is 25.1 Å². The molecule has 5 heteroatoms. The van der Waals surface area contributed by atoms with E-state index in [4.69, 9.17) is 9.47 Å². The van der Waals surface area contributed by atoms with Gasteiger partial charge >= 0.3 is 0 Å². The Labute approximate surface area is 131 Å². The molecule has 1 amide bonds. The maximum atomic E-state index is 12.8. The second kappa shape index (κ2) is 7.20. The van der Waals surface area contributed by atoms with Crippen LogP contribution in [-0.4, -0.2) is 42.9 Å². The van der Waals surface area contributed by atoms with Crippen LogP contribution in [0.15, 0.2) is 24.5 Å². The maximum absolute atomic E-state index is 12.8. The molecule has 5 nitrogen and oxygen atoms in total. The van der Waals surface area contributed by atoms with Crippen molar-refractivity contribution in [3.05, 3.63) is 24.5 Å². The van der Waals surface area contributed by atoms with Gasteiger partial charge in [0.25, 0.3) is 5.91 Å². The van der Waals surface area contributed by atoms with Crippen LogP contribution in [0.5, 0.6) is 0 Å². The number of carbonyl (C=O) groups is 1. The third-order valence-corrected chi connectivity index (χ3v) is 4.28. The van der Waals surface area contributed by atoms with Gasteiger partial charge in [0.1, 0.15) is 6.10 Å². The van der Waals surface area contributed by atoms with Crippen LogP contribution in [0.4, 0.5) is 5.69 Å². The summed E-state index contributed by atoms with van der Waals surface area (Å²) in [4.78, 5) is 18.6. The molecule has 1 aliphatic heterocycles. The summed E-state index contributed by atoms with van der Waals surface area (Å²) >= 11 is 0. The average molecular weight is 304 g/mol. The van der Waals surface area contributed by atoms with Crippen molar-refractivity contribution >= 4 is 11.6 Å². The van der Waals surface area contributed by atoms with Crippen molar-refractivity contribution in [2.45, 2.75) is 44.8 Å². The lowest BCUT2D eigenvalue weighted by molar-refractivity contribution is -0.129. The molecule has 2 heterocycles. The smallest absolute Gasteiger partial charge is 0.255 e. The Bertz CT molecular complexity index is 484. The molecule has 0 unspecified atom stereocenters. The summed E-state index contributed by atoms with van der Waals surface area (Å²) in [6, 6.07) is 3.72. The zero-order valence-electron chi connectivity index (χ0n) is 13.1. The van der Waals surface area contributed by atoms with Crippen molar-refractivity contribution in [3.8, 4) is 0 Å². The molecular formula is C17H24N2O3. The molecule has 1 saturated carbocycles. The van der Waals surface area contributed by atoms with Gasteiger partial charge in [-0.1, -0.05) is 0 Å². The van der Waals surface area contributed by atoms with Crippen LogP contribution in [0.2, 0.25) is 0 Å². The van der Waals surface area contributed by atoms with Crippen molar-refractivity contribution in [3.63, 3.8) is 0 Å². The highest BCUT2D eigenvalue weighted by atomic mass is 16.5. The second-order valence-electron chi connectivity index (χ2n) is 6.21. The number of carbonyl (C=O) groups excluding carboxylic acids is 1. The Morgan fingerprint density at radius 3 is 2.82 bits per heavy atom. The fourth-order valence-corrected chi connectivity index (χ4v) is 2.69. The summed E-state index contributed by atoms with van der Waals surface area (Å²) in [6.07, 6.45) is 7.64. The Kier molecular flexibility index (Phi) is 5.05. The van der Waals surface area contributed by atoms with E-state index in [1.807, 2.05) is 19.1 Å². The van der Waals surface area contributed by atoms with Gasteiger partial charge in [-0.15, -0.1) is 0 Å². The predicted octanol–water partition coefficient (Wildman–Crippen LogP) is 2.41. The molecule has 1 aromatic rings. The minimum Gasteiger partial charge on any atom is -0.376 e. The van der Waals surface area contributed by atoms with E-state index in [2.05, 4.69) is 4.98 Å². The Hall–Kier alpha value is -1.46. The van der Waals surface area contributed by atoms with Crippen LogP contribution in [0.1, 0.15) is 32.6 Å². The van der Waals surface area contributed by atoms with Gasteiger partial charge in [-0.25, -0.2) is 0 Å².